The number of methoxy groups -OCH3 is 1. The first kappa shape index (κ1) is 24.6. The lowest BCUT2D eigenvalue weighted by molar-refractivity contribution is -0.143. The fourth-order valence-corrected chi connectivity index (χ4v) is 5.17. The van der Waals surface area contributed by atoms with E-state index in [0.29, 0.717) is 17.1 Å². The number of carboxylic acid groups (broad SMARTS) is 1. The third-order valence-corrected chi connectivity index (χ3v) is 7.08. The smallest absolute Gasteiger partial charge is 0.308 e. The molecule has 3 N–H and O–H groups in total. The monoisotopic (exact) mass is 513 g/mol. The minimum Gasteiger partial charge on any atom is -0.497 e. The molecule has 11 heteroatoms. The number of aliphatic carboxylic acids is 1. The summed E-state index contributed by atoms with van der Waals surface area (Å²) in [5.41, 5.74) is 5.43. The van der Waals surface area contributed by atoms with Crippen LogP contribution in [0.5, 0.6) is 5.75 Å². The summed E-state index contributed by atoms with van der Waals surface area (Å²) >= 11 is 7.37. The third-order valence-electron chi connectivity index (χ3n) is 5.51. The number of nitrogens with one attached hydrogen (secondary N) is 2. The van der Waals surface area contributed by atoms with Gasteiger partial charge in [0.25, 0.3) is 0 Å². The van der Waals surface area contributed by atoms with Crippen LogP contribution in [0.25, 0.3) is 16.9 Å². The lowest BCUT2D eigenvalue weighted by atomic mass is 10.0. The Labute approximate surface area is 211 Å². The van der Waals surface area contributed by atoms with Gasteiger partial charge in [-0.15, -0.1) is 0 Å². The van der Waals surface area contributed by atoms with Gasteiger partial charge < -0.3 is 15.2 Å². The van der Waals surface area contributed by atoms with Gasteiger partial charge in [0.05, 0.1) is 24.9 Å². The number of hydrogen-bond acceptors (Lipinski definition) is 7. The molecular weight excluding hydrogens is 490 g/mol. The summed E-state index contributed by atoms with van der Waals surface area (Å²) in [4.78, 5) is 23.7. The van der Waals surface area contributed by atoms with Gasteiger partial charge in [0, 0.05) is 22.3 Å². The van der Waals surface area contributed by atoms with Crippen LogP contribution in [0.2, 0.25) is 5.02 Å². The lowest BCUT2D eigenvalue weighted by Gasteiger charge is -2.14. The topological polar surface area (TPSA) is 118 Å². The van der Waals surface area contributed by atoms with E-state index in [9.17, 15) is 14.7 Å². The van der Waals surface area contributed by atoms with E-state index in [1.165, 1.54) is 11.8 Å². The van der Waals surface area contributed by atoms with Gasteiger partial charge >= 0.3 is 5.97 Å². The number of rotatable bonds is 9. The van der Waals surface area contributed by atoms with Crippen LogP contribution in [-0.4, -0.2) is 50.8 Å². The van der Waals surface area contributed by atoms with E-state index < -0.39 is 22.6 Å². The zero-order chi connectivity index (χ0) is 24.9. The number of carboxylic acids is 1. The van der Waals surface area contributed by atoms with Crippen molar-refractivity contribution < 1.29 is 19.4 Å². The maximum absolute atomic E-state index is 12.3. The molecule has 3 atom stereocenters. The molecule has 9 nitrogen and oxygen atoms in total. The molecule has 0 radical (unpaired) electrons. The van der Waals surface area contributed by atoms with Crippen LogP contribution in [0.15, 0.2) is 59.8 Å². The zero-order valence-corrected chi connectivity index (χ0v) is 20.6. The molecule has 2 heterocycles. The van der Waals surface area contributed by atoms with E-state index in [4.69, 9.17) is 21.4 Å². The molecule has 0 spiro atoms. The molecule has 4 rings (SSSR count). The number of hydrogen-bond donors (Lipinski definition) is 3. The van der Waals surface area contributed by atoms with E-state index in [1.54, 1.807) is 31.0 Å². The largest absolute Gasteiger partial charge is 0.497 e. The van der Waals surface area contributed by atoms with Gasteiger partial charge in [0.1, 0.15) is 16.7 Å². The van der Waals surface area contributed by atoms with Gasteiger partial charge in [-0.2, -0.15) is 10.2 Å². The van der Waals surface area contributed by atoms with Gasteiger partial charge in [-0.05, 0) is 48.9 Å². The number of carbonyl (C=O) groups excluding carboxylic acids is 1. The van der Waals surface area contributed by atoms with Crippen molar-refractivity contribution in [2.45, 2.75) is 24.1 Å². The summed E-state index contributed by atoms with van der Waals surface area (Å²) in [5, 5.41) is 21.1. The van der Waals surface area contributed by atoms with Crippen LogP contribution < -0.4 is 15.5 Å². The highest BCUT2D eigenvalue weighted by molar-refractivity contribution is 8.01. The first-order chi connectivity index (χ1) is 16.9. The van der Waals surface area contributed by atoms with Crippen LogP contribution in [0.1, 0.15) is 18.9 Å². The van der Waals surface area contributed by atoms with Gasteiger partial charge in [0.15, 0.2) is 5.50 Å². The van der Waals surface area contributed by atoms with E-state index in [1.807, 2.05) is 48.7 Å². The highest BCUT2D eigenvalue weighted by atomic mass is 35.5. The second-order valence-corrected chi connectivity index (χ2v) is 9.46. The number of amides is 1. The van der Waals surface area contributed by atoms with Crippen molar-refractivity contribution in [1.82, 2.24) is 20.5 Å². The number of aromatic nitrogens is 2. The standard InChI is InChI=1S/C24H24ClN5O4S/c1-3-19(23(32)33)21-22(31)27-24(35-21)28-26-12-15-13-30(17-6-4-5-16(25)11-17)29-20(15)14-7-9-18(34-2)10-8-14/h4-13,19,21,24,28H,3H2,1-2H3,(H,27,31)(H,32,33)/b26-12+. The van der Waals surface area contributed by atoms with E-state index in [-0.39, 0.29) is 5.91 Å². The maximum Gasteiger partial charge on any atom is 0.308 e. The minimum atomic E-state index is -0.984. The Morgan fingerprint density at radius 1 is 1.37 bits per heavy atom. The van der Waals surface area contributed by atoms with Crippen molar-refractivity contribution in [2.75, 3.05) is 7.11 Å². The van der Waals surface area contributed by atoms with E-state index in [2.05, 4.69) is 15.8 Å². The van der Waals surface area contributed by atoms with E-state index in [0.717, 1.165) is 22.6 Å². The Morgan fingerprint density at radius 3 is 2.80 bits per heavy atom. The Balaban J connectivity index is 1.57. The van der Waals surface area contributed by atoms with Crippen molar-refractivity contribution in [3.8, 4) is 22.7 Å². The third kappa shape index (κ3) is 5.60. The highest BCUT2D eigenvalue weighted by Gasteiger charge is 2.40. The summed E-state index contributed by atoms with van der Waals surface area (Å²) in [7, 11) is 1.61. The molecule has 1 fully saturated rings. The summed E-state index contributed by atoms with van der Waals surface area (Å²) in [6.07, 6.45) is 3.81. The molecule has 35 heavy (non-hydrogen) atoms. The predicted octanol–water partition coefficient (Wildman–Crippen LogP) is 3.75. The Bertz CT molecular complexity index is 1250. The van der Waals surface area contributed by atoms with Crippen molar-refractivity contribution in [1.29, 1.82) is 0 Å². The molecule has 1 saturated heterocycles. The van der Waals surface area contributed by atoms with Gasteiger partial charge in [-0.25, -0.2) is 4.68 Å². The second-order valence-electron chi connectivity index (χ2n) is 7.77. The van der Waals surface area contributed by atoms with Crippen molar-refractivity contribution >= 4 is 41.5 Å². The van der Waals surface area contributed by atoms with Gasteiger partial charge in [-0.3, -0.25) is 15.0 Å². The SMILES string of the molecule is CCC(C(=O)O)C1SC(N/N=C/c2cn(-c3cccc(Cl)c3)nc2-c2ccc(OC)cc2)NC1=O. The molecule has 3 aromatic rings. The number of benzene rings is 2. The second kappa shape index (κ2) is 10.8. The molecule has 0 aliphatic carbocycles. The number of nitrogens with zero attached hydrogens (tertiary/aromatic N) is 3. The van der Waals surface area contributed by atoms with Gasteiger partial charge in [-0.1, -0.05) is 36.4 Å². The average Bonchev–Trinajstić information content (AvgIpc) is 3.43. The fraction of sp³-hybridized carbons (Fsp3) is 0.250. The van der Waals surface area contributed by atoms with Crippen LogP contribution >= 0.6 is 23.4 Å². The molecule has 182 valence electrons. The number of carbonyl (C=O) groups is 2. The first-order valence-corrected chi connectivity index (χ1v) is 12.2. The summed E-state index contributed by atoms with van der Waals surface area (Å²) in [6.45, 7) is 1.75. The van der Waals surface area contributed by atoms with Crippen LogP contribution in [0.4, 0.5) is 0 Å². The molecule has 0 saturated carbocycles. The van der Waals surface area contributed by atoms with Crippen LogP contribution in [0.3, 0.4) is 0 Å². The number of thioether (sulfide) groups is 1. The predicted molar refractivity (Wildman–Crippen MR) is 136 cm³/mol. The van der Waals surface area contributed by atoms with Gasteiger partial charge in [0.2, 0.25) is 5.91 Å². The molecule has 3 unspecified atom stereocenters. The molecule has 1 amide bonds. The fourth-order valence-electron chi connectivity index (χ4n) is 3.69. The van der Waals surface area contributed by atoms with Crippen LogP contribution in [0, 0.1) is 5.92 Å². The zero-order valence-electron chi connectivity index (χ0n) is 19.0. The molecular formula is C24H24ClN5O4S. The quantitative estimate of drug-likeness (QED) is 0.294. The molecule has 1 aromatic heterocycles. The number of halogens is 1. The summed E-state index contributed by atoms with van der Waals surface area (Å²) < 4.78 is 6.97. The summed E-state index contributed by atoms with van der Waals surface area (Å²) in [5.74, 6) is -1.32. The highest BCUT2D eigenvalue weighted by Crippen LogP contribution is 2.30. The molecule has 2 aromatic carbocycles. The van der Waals surface area contributed by atoms with Crippen molar-refractivity contribution in [2.24, 2.45) is 11.0 Å². The van der Waals surface area contributed by atoms with E-state index >= 15 is 0 Å². The Kier molecular flexibility index (Phi) is 7.62. The Morgan fingerprint density at radius 2 is 2.14 bits per heavy atom. The number of hydrazone groups is 1. The number of ether oxygens (including phenoxy) is 1. The Hall–Kier alpha value is -3.50. The molecule has 1 aliphatic heterocycles. The normalized spacial score (nSPS) is 18.4. The average molecular weight is 514 g/mol. The summed E-state index contributed by atoms with van der Waals surface area (Å²) in [6, 6.07) is 14.9. The maximum atomic E-state index is 12.3. The minimum absolute atomic E-state index is 0.315. The lowest BCUT2D eigenvalue weighted by Crippen LogP contribution is -2.37. The van der Waals surface area contributed by atoms with Crippen molar-refractivity contribution in [3.05, 3.63) is 65.3 Å². The first-order valence-electron chi connectivity index (χ1n) is 10.9. The van der Waals surface area contributed by atoms with Crippen LogP contribution in [-0.2, 0) is 9.59 Å². The molecule has 0 bridgehead atoms. The molecule has 1 aliphatic rings. The van der Waals surface area contributed by atoms with Crippen molar-refractivity contribution in [3.63, 3.8) is 0 Å².